The predicted octanol–water partition coefficient (Wildman–Crippen LogP) is 3.08. The van der Waals surface area contributed by atoms with Crippen LogP contribution in [0.15, 0.2) is 28.7 Å². The number of ether oxygens (including phenoxy) is 2. The highest BCUT2D eigenvalue weighted by Gasteiger charge is 2.27. The van der Waals surface area contributed by atoms with Crippen LogP contribution in [0.5, 0.6) is 0 Å². The lowest BCUT2D eigenvalue weighted by molar-refractivity contribution is -0.162. The van der Waals surface area contributed by atoms with Crippen LogP contribution in [0.4, 0.5) is 0 Å². The molecular formula is C14H17BrO4. The van der Waals surface area contributed by atoms with E-state index in [0.717, 1.165) is 10.0 Å². The first-order chi connectivity index (χ1) is 9.08. The number of esters is 2. The van der Waals surface area contributed by atoms with E-state index in [4.69, 9.17) is 9.47 Å². The SMILES string of the molecule is CCOC(=O)C(CC)C(=O)OCc1ccc(Br)cc1. The zero-order chi connectivity index (χ0) is 14.3. The molecular weight excluding hydrogens is 312 g/mol. The van der Waals surface area contributed by atoms with Gasteiger partial charge in [0, 0.05) is 4.47 Å². The fraction of sp³-hybridized carbons (Fsp3) is 0.429. The molecule has 0 fully saturated rings. The quantitative estimate of drug-likeness (QED) is 0.594. The molecule has 0 bridgehead atoms. The van der Waals surface area contributed by atoms with Gasteiger partial charge in [-0.25, -0.2) is 0 Å². The van der Waals surface area contributed by atoms with Gasteiger partial charge in [-0.1, -0.05) is 35.0 Å². The monoisotopic (exact) mass is 328 g/mol. The third kappa shape index (κ3) is 5.03. The molecule has 0 aliphatic heterocycles. The van der Waals surface area contributed by atoms with Crippen molar-refractivity contribution in [2.24, 2.45) is 5.92 Å². The summed E-state index contributed by atoms with van der Waals surface area (Å²) in [6.07, 6.45) is 0.373. The van der Waals surface area contributed by atoms with Crippen molar-refractivity contribution >= 4 is 27.9 Å². The fourth-order valence-corrected chi connectivity index (χ4v) is 1.77. The number of benzene rings is 1. The van der Waals surface area contributed by atoms with Crippen LogP contribution < -0.4 is 0 Å². The molecule has 1 unspecified atom stereocenters. The molecule has 5 heteroatoms. The van der Waals surface area contributed by atoms with Gasteiger partial charge in [0.1, 0.15) is 6.61 Å². The van der Waals surface area contributed by atoms with Crippen LogP contribution in [0.25, 0.3) is 0 Å². The maximum absolute atomic E-state index is 11.8. The van der Waals surface area contributed by atoms with Crippen molar-refractivity contribution in [1.29, 1.82) is 0 Å². The first-order valence-electron chi connectivity index (χ1n) is 6.16. The van der Waals surface area contributed by atoms with Gasteiger partial charge in [-0.2, -0.15) is 0 Å². The van der Waals surface area contributed by atoms with E-state index in [1.54, 1.807) is 13.8 Å². The molecule has 19 heavy (non-hydrogen) atoms. The summed E-state index contributed by atoms with van der Waals surface area (Å²) in [6.45, 7) is 3.87. The average Bonchev–Trinajstić information content (AvgIpc) is 2.39. The number of hydrogen-bond acceptors (Lipinski definition) is 4. The largest absolute Gasteiger partial charge is 0.465 e. The highest BCUT2D eigenvalue weighted by Crippen LogP contribution is 2.13. The van der Waals surface area contributed by atoms with Crippen LogP contribution in [0.2, 0.25) is 0 Å². The number of rotatable bonds is 6. The van der Waals surface area contributed by atoms with Crippen LogP contribution >= 0.6 is 15.9 Å². The summed E-state index contributed by atoms with van der Waals surface area (Å²) in [5.41, 5.74) is 0.871. The Bertz CT molecular complexity index is 428. The second-order valence-electron chi connectivity index (χ2n) is 3.95. The van der Waals surface area contributed by atoms with Crippen LogP contribution in [-0.4, -0.2) is 18.5 Å². The van der Waals surface area contributed by atoms with Crippen molar-refractivity contribution in [3.8, 4) is 0 Å². The minimum atomic E-state index is -0.838. The molecule has 0 N–H and O–H groups in total. The van der Waals surface area contributed by atoms with Crippen molar-refractivity contribution in [3.63, 3.8) is 0 Å². The molecule has 0 aliphatic rings. The molecule has 4 nitrogen and oxygen atoms in total. The third-order valence-electron chi connectivity index (χ3n) is 2.56. The molecule has 1 aromatic rings. The minimum absolute atomic E-state index is 0.155. The zero-order valence-corrected chi connectivity index (χ0v) is 12.6. The molecule has 0 saturated heterocycles. The summed E-state index contributed by atoms with van der Waals surface area (Å²) >= 11 is 3.33. The van der Waals surface area contributed by atoms with E-state index in [-0.39, 0.29) is 13.2 Å². The molecule has 0 aromatic heterocycles. The van der Waals surface area contributed by atoms with Crippen LogP contribution in [0.1, 0.15) is 25.8 Å². The van der Waals surface area contributed by atoms with Gasteiger partial charge in [-0.15, -0.1) is 0 Å². The Morgan fingerprint density at radius 2 is 1.68 bits per heavy atom. The lowest BCUT2D eigenvalue weighted by atomic mass is 10.1. The lowest BCUT2D eigenvalue weighted by Crippen LogP contribution is -2.27. The molecule has 1 rings (SSSR count). The summed E-state index contributed by atoms with van der Waals surface area (Å²) in [5, 5.41) is 0. The Hall–Kier alpha value is -1.36. The number of carbonyl (C=O) groups excluding carboxylic acids is 2. The Morgan fingerprint density at radius 1 is 1.11 bits per heavy atom. The van der Waals surface area contributed by atoms with Gasteiger partial charge in [0.25, 0.3) is 0 Å². The predicted molar refractivity (Wildman–Crippen MR) is 74.4 cm³/mol. The van der Waals surface area contributed by atoms with E-state index < -0.39 is 17.9 Å². The third-order valence-corrected chi connectivity index (χ3v) is 3.09. The second-order valence-corrected chi connectivity index (χ2v) is 4.86. The standard InChI is InChI=1S/C14H17BrO4/c1-3-12(13(16)18-4-2)14(17)19-9-10-5-7-11(15)8-6-10/h5-8,12H,3-4,9H2,1-2H3. The summed E-state index contributed by atoms with van der Waals surface area (Å²) in [4.78, 5) is 23.3. The van der Waals surface area contributed by atoms with Crippen molar-refractivity contribution in [1.82, 2.24) is 0 Å². The summed E-state index contributed by atoms with van der Waals surface area (Å²) in [7, 11) is 0. The van der Waals surface area contributed by atoms with Crippen LogP contribution in [0, 0.1) is 5.92 Å². The summed E-state index contributed by atoms with van der Waals surface area (Å²) in [5.74, 6) is -1.90. The molecule has 0 saturated carbocycles. The fourth-order valence-electron chi connectivity index (χ4n) is 1.51. The van der Waals surface area contributed by atoms with E-state index in [9.17, 15) is 9.59 Å². The van der Waals surface area contributed by atoms with Crippen molar-refractivity contribution < 1.29 is 19.1 Å². The average molecular weight is 329 g/mol. The number of halogens is 1. The Morgan fingerprint density at radius 3 is 2.21 bits per heavy atom. The van der Waals surface area contributed by atoms with E-state index in [2.05, 4.69) is 15.9 Å². The molecule has 0 amide bonds. The van der Waals surface area contributed by atoms with Crippen molar-refractivity contribution in [3.05, 3.63) is 34.3 Å². The van der Waals surface area contributed by atoms with Gasteiger partial charge < -0.3 is 9.47 Å². The lowest BCUT2D eigenvalue weighted by Gasteiger charge is -2.13. The highest BCUT2D eigenvalue weighted by molar-refractivity contribution is 9.10. The Kier molecular flexibility index (Phi) is 6.56. The Balaban J connectivity index is 2.53. The molecule has 0 aliphatic carbocycles. The van der Waals surface area contributed by atoms with Gasteiger partial charge in [-0.05, 0) is 31.0 Å². The maximum atomic E-state index is 11.8. The van der Waals surface area contributed by atoms with E-state index in [1.165, 1.54) is 0 Å². The first-order valence-corrected chi connectivity index (χ1v) is 6.95. The number of carbonyl (C=O) groups is 2. The van der Waals surface area contributed by atoms with Crippen molar-refractivity contribution in [2.45, 2.75) is 26.9 Å². The minimum Gasteiger partial charge on any atom is -0.465 e. The van der Waals surface area contributed by atoms with Crippen LogP contribution in [-0.2, 0) is 25.7 Å². The molecule has 1 atom stereocenters. The maximum Gasteiger partial charge on any atom is 0.320 e. The highest BCUT2D eigenvalue weighted by atomic mass is 79.9. The first kappa shape index (κ1) is 15.7. The van der Waals surface area contributed by atoms with E-state index in [1.807, 2.05) is 24.3 Å². The molecule has 0 spiro atoms. The Labute approximate surface area is 121 Å². The van der Waals surface area contributed by atoms with Gasteiger partial charge in [0.15, 0.2) is 5.92 Å². The normalized spacial score (nSPS) is 11.7. The van der Waals surface area contributed by atoms with E-state index >= 15 is 0 Å². The zero-order valence-electron chi connectivity index (χ0n) is 11.0. The van der Waals surface area contributed by atoms with Gasteiger partial charge in [0.05, 0.1) is 6.61 Å². The van der Waals surface area contributed by atoms with E-state index in [0.29, 0.717) is 6.42 Å². The topological polar surface area (TPSA) is 52.6 Å². The van der Waals surface area contributed by atoms with Crippen molar-refractivity contribution in [2.75, 3.05) is 6.61 Å². The summed E-state index contributed by atoms with van der Waals surface area (Å²) in [6, 6.07) is 7.43. The molecule has 1 aromatic carbocycles. The number of hydrogen-bond donors (Lipinski definition) is 0. The van der Waals surface area contributed by atoms with Gasteiger partial charge in [-0.3, -0.25) is 9.59 Å². The second kappa shape index (κ2) is 7.94. The summed E-state index contributed by atoms with van der Waals surface area (Å²) < 4.78 is 10.9. The molecule has 0 heterocycles. The van der Waals surface area contributed by atoms with Gasteiger partial charge in [0.2, 0.25) is 0 Å². The smallest absolute Gasteiger partial charge is 0.320 e. The molecule has 104 valence electrons. The molecule has 0 radical (unpaired) electrons. The van der Waals surface area contributed by atoms with Gasteiger partial charge >= 0.3 is 11.9 Å². The van der Waals surface area contributed by atoms with Crippen LogP contribution in [0.3, 0.4) is 0 Å².